The zero-order valence-corrected chi connectivity index (χ0v) is 10.4. The Morgan fingerprint density at radius 1 is 1.47 bits per heavy atom. The molecule has 0 N–H and O–H groups in total. The highest BCUT2D eigenvalue weighted by molar-refractivity contribution is 5.51. The molecule has 0 saturated carbocycles. The largest absolute Gasteiger partial charge is 0.0870 e. The first-order valence-corrected chi connectivity index (χ1v) is 6.19. The molecule has 0 aromatic carbocycles. The van der Waals surface area contributed by atoms with Crippen LogP contribution in [0.5, 0.6) is 0 Å². The third kappa shape index (κ3) is 1.42. The fourth-order valence-electron chi connectivity index (χ4n) is 3.46. The third-order valence-corrected chi connectivity index (χ3v) is 4.12. The van der Waals surface area contributed by atoms with Gasteiger partial charge in [-0.25, -0.2) is 0 Å². The molecule has 15 heavy (non-hydrogen) atoms. The van der Waals surface area contributed by atoms with E-state index in [4.69, 9.17) is 0 Å². The minimum absolute atomic E-state index is 0.279. The van der Waals surface area contributed by atoms with Crippen LogP contribution in [0.4, 0.5) is 0 Å². The van der Waals surface area contributed by atoms with E-state index in [1.54, 1.807) is 16.7 Å². The average Bonchev–Trinajstić information content (AvgIpc) is 2.46. The van der Waals surface area contributed by atoms with Crippen LogP contribution < -0.4 is 0 Å². The van der Waals surface area contributed by atoms with E-state index in [-0.39, 0.29) is 5.41 Å². The molecule has 82 valence electrons. The van der Waals surface area contributed by atoms with E-state index in [9.17, 15) is 0 Å². The molecule has 0 nitrogen and oxygen atoms in total. The van der Waals surface area contributed by atoms with Crippen LogP contribution in [0.2, 0.25) is 0 Å². The van der Waals surface area contributed by atoms with Crippen LogP contribution in [0.15, 0.2) is 34.9 Å². The Balaban J connectivity index is 2.52. The maximum atomic E-state index is 2.38. The molecule has 0 aromatic rings. The average molecular weight is 202 g/mol. The molecular formula is C15H22. The van der Waals surface area contributed by atoms with Crippen LogP contribution in [0.3, 0.4) is 0 Å². The Morgan fingerprint density at radius 3 is 2.80 bits per heavy atom. The standard InChI is InChI=1S/C15H22/c1-5-11-12-9-7-8-10-14(12)15(3,4)13(11)6-2/h6,8,10-11H,5,7,9H2,1-4H3/b13-6+. The fourth-order valence-corrected chi connectivity index (χ4v) is 3.46. The summed E-state index contributed by atoms with van der Waals surface area (Å²) in [5, 5.41) is 0. The van der Waals surface area contributed by atoms with Crippen LogP contribution in [0.25, 0.3) is 0 Å². The van der Waals surface area contributed by atoms with Crippen molar-refractivity contribution in [3.8, 4) is 0 Å². The Morgan fingerprint density at radius 2 is 2.20 bits per heavy atom. The lowest BCUT2D eigenvalue weighted by Crippen LogP contribution is -2.14. The van der Waals surface area contributed by atoms with Gasteiger partial charge in [-0.05, 0) is 31.8 Å². The van der Waals surface area contributed by atoms with Gasteiger partial charge in [0.15, 0.2) is 0 Å². The zero-order valence-electron chi connectivity index (χ0n) is 10.4. The fraction of sp³-hybridized carbons (Fsp3) is 0.600. The first kappa shape index (κ1) is 10.7. The number of rotatable bonds is 1. The summed E-state index contributed by atoms with van der Waals surface area (Å²) in [4.78, 5) is 0. The highest BCUT2D eigenvalue weighted by atomic mass is 14.4. The number of hydrogen-bond donors (Lipinski definition) is 0. The van der Waals surface area contributed by atoms with Crippen molar-refractivity contribution in [2.75, 3.05) is 0 Å². The summed E-state index contributed by atoms with van der Waals surface area (Å²) in [5.41, 5.74) is 5.25. The lowest BCUT2D eigenvalue weighted by molar-refractivity contribution is 0.523. The van der Waals surface area contributed by atoms with Gasteiger partial charge in [0.05, 0.1) is 0 Å². The molecule has 2 rings (SSSR count). The molecule has 0 spiro atoms. The van der Waals surface area contributed by atoms with E-state index < -0.39 is 0 Å². The first-order valence-electron chi connectivity index (χ1n) is 6.19. The van der Waals surface area contributed by atoms with Gasteiger partial charge in [-0.15, -0.1) is 0 Å². The lowest BCUT2D eigenvalue weighted by Gasteiger charge is -2.25. The Hall–Kier alpha value is -0.780. The van der Waals surface area contributed by atoms with Crippen LogP contribution in [-0.2, 0) is 0 Å². The maximum Gasteiger partial charge on any atom is 0.0111 e. The SMILES string of the molecule is C/C=C1\C(CC)C2=C(C=CCC2)C1(C)C. The van der Waals surface area contributed by atoms with Gasteiger partial charge in [0.25, 0.3) is 0 Å². The van der Waals surface area contributed by atoms with E-state index in [0.29, 0.717) is 0 Å². The summed E-state index contributed by atoms with van der Waals surface area (Å²) in [7, 11) is 0. The normalized spacial score (nSPS) is 31.2. The number of hydrogen-bond acceptors (Lipinski definition) is 0. The molecular weight excluding hydrogens is 180 g/mol. The molecule has 2 aliphatic rings. The summed E-state index contributed by atoms with van der Waals surface area (Å²) in [6.45, 7) is 9.27. The molecule has 0 radical (unpaired) electrons. The highest BCUT2D eigenvalue weighted by Crippen LogP contribution is 2.54. The molecule has 0 heteroatoms. The van der Waals surface area contributed by atoms with Gasteiger partial charge in [0, 0.05) is 11.3 Å². The minimum Gasteiger partial charge on any atom is -0.0870 e. The molecule has 0 fully saturated rings. The second kappa shape index (κ2) is 3.66. The van der Waals surface area contributed by atoms with Gasteiger partial charge >= 0.3 is 0 Å². The van der Waals surface area contributed by atoms with Crippen LogP contribution >= 0.6 is 0 Å². The molecule has 1 unspecified atom stereocenters. The number of allylic oxidation sites excluding steroid dienone is 6. The summed E-state index contributed by atoms with van der Waals surface area (Å²) in [5.74, 6) is 0.727. The Bertz CT molecular complexity index is 350. The minimum atomic E-state index is 0.279. The van der Waals surface area contributed by atoms with Crippen LogP contribution in [0.1, 0.15) is 47.0 Å². The monoisotopic (exact) mass is 202 g/mol. The van der Waals surface area contributed by atoms with Crippen molar-refractivity contribution in [3.63, 3.8) is 0 Å². The molecule has 0 aromatic heterocycles. The second-order valence-corrected chi connectivity index (χ2v) is 5.21. The topological polar surface area (TPSA) is 0 Å². The van der Waals surface area contributed by atoms with Crippen molar-refractivity contribution in [3.05, 3.63) is 34.9 Å². The van der Waals surface area contributed by atoms with Crippen molar-refractivity contribution in [1.29, 1.82) is 0 Å². The lowest BCUT2D eigenvalue weighted by atomic mass is 9.79. The molecule has 0 saturated heterocycles. The van der Waals surface area contributed by atoms with Gasteiger partial charge in [0.1, 0.15) is 0 Å². The predicted octanol–water partition coefficient (Wildman–Crippen LogP) is 4.65. The predicted molar refractivity (Wildman–Crippen MR) is 66.7 cm³/mol. The summed E-state index contributed by atoms with van der Waals surface area (Å²) in [6.07, 6.45) is 10.8. The van der Waals surface area contributed by atoms with Crippen molar-refractivity contribution < 1.29 is 0 Å². The zero-order chi connectivity index (χ0) is 11.1. The molecule has 2 aliphatic carbocycles. The van der Waals surface area contributed by atoms with Gasteiger partial charge in [-0.2, -0.15) is 0 Å². The summed E-state index contributed by atoms with van der Waals surface area (Å²) >= 11 is 0. The van der Waals surface area contributed by atoms with E-state index in [1.807, 2.05) is 0 Å². The molecule has 0 aliphatic heterocycles. The summed E-state index contributed by atoms with van der Waals surface area (Å²) in [6, 6.07) is 0. The first-order chi connectivity index (χ1) is 7.12. The van der Waals surface area contributed by atoms with Crippen molar-refractivity contribution in [2.45, 2.75) is 47.0 Å². The van der Waals surface area contributed by atoms with E-state index >= 15 is 0 Å². The Labute approximate surface area is 93.8 Å². The van der Waals surface area contributed by atoms with Gasteiger partial charge in [-0.3, -0.25) is 0 Å². The van der Waals surface area contributed by atoms with E-state index in [1.165, 1.54) is 19.3 Å². The van der Waals surface area contributed by atoms with Gasteiger partial charge in [0.2, 0.25) is 0 Å². The van der Waals surface area contributed by atoms with Crippen molar-refractivity contribution >= 4 is 0 Å². The maximum absolute atomic E-state index is 2.38. The Kier molecular flexibility index (Phi) is 2.62. The van der Waals surface area contributed by atoms with Crippen molar-refractivity contribution in [1.82, 2.24) is 0 Å². The van der Waals surface area contributed by atoms with E-state index in [0.717, 1.165) is 5.92 Å². The van der Waals surface area contributed by atoms with Crippen LogP contribution in [0, 0.1) is 11.3 Å². The van der Waals surface area contributed by atoms with Gasteiger partial charge < -0.3 is 0 Å². The molecule has 0 heterocycles. The van der Waals surface area contributed by atoms with Gasteiger partial charge in [-0.1, -0.05) is 50.1 Å². The highest BCUT2D eigenvalue weighted by Gasteiger charge is 2.41. The third-order valence-electron chi connectivity index (χ3n) is 4.12. The smallest absolute Gasteiger partial charge is 0.0111 e. The quantitative estimate of drug-likeness (QED) is 0.543. The molecule has 0 bridgehead atoms. The van der Waals surface area contributed by atoms with Crippen LogP contribution in [-0.4, -0.2) is 0 Å². The van der Waals surface area contributed by atoms with E-state index in [2.05, 4.69) is 45.9 Å². The second-order valence-electron chi connectivity index (χ2n) is 5.21. The van der Waals surface area contributed by atoms with Crippen molar-refractivity contribution in [2.24, 2.45) is 11.3 Å². The molecule has 0 amide bonds. The molecule has 1 atom stereocenters. The summed E-state index contributed by atoms with van der Waals surface area (Å²) < 4.78 is 0.